The van der Waals surface area contributed by atoms with Crippen molar-refractivity contribution in [3.63, 3.8) is 0 Å². The molecule has 0 saturated heterocycles. The Labute approximate surface area is 176 Å². The lowest BCUT2D eigenvalue weighted by molar-refractivity contribution is 0.305. The molecule has 0 unspecified atom stereocenters. The molecule has 0 aliphatic carbocycles. The first-order chi connectivity index (χ1) is 13.2. The number of aliphatic imine (C=N–C) groups is 1. The third-order valence-corrected chi connectivity index (χ3v) is 4.74. The minimum atomic E-state index is -0.203. The lowest BCUT2D eigenvalue weighted by Gasteiger charge is -2.32. The lowest BCUT2D eigenvalue weighted by Crippen LogP contribution is -2.33. The van der Waals surface area contributed by atoms with Gasteiger partial charge >= 0.3 is 0 Å². The highest BCUT2D eigenvalue weighted by molar-refractivity contribution is 6.02. The molecule has 3 rings (SSSR count). The Hall–Kier alpha value is -2.23. The largest absolute Gasteiger partial charge is 0.471 e. The zero-order valence-corrected chi connectivity index (χ0v) is 19.8. The molecule has 1 N–H and O–H groups in total. The van der Waals surface area contributed by atoms with Gasteiger partial charge in [0.25, 0.3) is 0 Å². The third-order valence-electron chi connectivity index (χ3n) is 4.74. The monoisotopic (exact) mass is 395 g/mol. The molecule has 1 aromatic carbocycles. The number of ether oxygens (including phenoxy) is 1. The summed E-state index contributed by atoms with van der Waals surface area (Å²) in [5.74, 6) is 1.89. The number of nitrogens with zero attached hydrogens (tertiary/aromatic N) is 2. The van der Waals surface area contributed by atoms with Gasteiger partial charge < -0.3 is 14.6 Å². The molecule has 0 saturated carbocycles. The molecule has 0 bridgehead atoms. The Bertz CT molecular complexity index is 944. The number of hydrogen-bond acceptors (Lipinski definition) is 3. The standard InChI is InChI=1S/C25H37N3O/c1-16-12-11-13-17(14-16)19-18-15-29-22(27-24(5,6)7)20(18)28(25(8,9)10)21(19)26-23(2,3)4/h11-14,26H,15H2,1-10H3. The van der Waals surface area contributed by atoms with E-state index < -0.39 is 0 Å². The van der Waals surface area contributed by atoms with E-state index in [4.69, 9.17) is 9.73 Å². The number of benzene rings is 1. The van der Waals surface area contributed by atoms with E-state index in [0.29, 0.717) is 6.61 Å². The quantitative estimate of drug-likeness (QED) is 0.630. The van der Waals surface area contributed by atoms with E-state index in [0.717, 1.165) is 17.4 Å². The number of anilines is 1. The van der Waals surface area contributed by atoms with Crippen LogP contribution in [0.2, 0.25) is 0 Å². The maximum Gasteiger partial charge on any atom is 0.234 e. The van der Waals surface area contributed by atoms with Crippen molar-refractivity contribution in [1.29, 1.82) is 0 Å². The molecule has 1 aliphatic rings. The summed E-state index contributed by atoms with van der Waals surface area (Å²) in [6.45, 7) is 22.4. The summed E-state index contributed by atoms with van der Waals surface area (Å²) < 4.78 is 8.55. The molecule has 4 nitrogen and oxygen atoms in total. The maximum absolute atomic E-state index is 6.15. The van der Waals surface area contributed by atoms with Crippen LogP contribution in [0.15, 0.2) is 29.3 Å². The SMILES string of the molecule is Cc1cccc(-c2c3c(n(C(C)(C)C)c2NC(C)(C)C)C(=NC(C)(C)C)OC3)c1. The van der Waals surface area contributed by atoms with E-state index in [2.05, 4.69) is 103 Å². The van der Waals surface area contributed by atoms with Crippen molar-refractivity contribution in [2.75, 3.05) is 5.32 Å². The molecule has 158 valence electrons. The molecular formula is C25H37N3O. The van der Waals surface area contributed by atoms with Crippen LogP contribution in [0.5, 0.6) is 0 Å². The molecule has 0 amide bonds. The summed E-state index contributed by atoms with van der Waals surface area (Å²) >= 11 is 0. The number of hydrogen-bond donors (Lipinski definition) is 1. The fourth-order valence-electron chi connectivity index (χ4n) is 3.84. The smallest absolute Gasteiger partial charge is 0.234 e. The molecule has 1 aromatic heterocycles. The first-order valence-corrected chi connectivity index (χ1v) is 10.5. The first-order valence-electron chi connectivity index (χ1n) is 10.5. The Balaban J connectivity index is 2.40. The molecular weight excluding hydrogens is 358 g/mol. The Morgan fingerprint density at radius 1 is 1.00 bits per heavy atom. The van der Waals surface area contributed by atoms with Crippen LogP contribution in [-0.2, 0) is 16.9 Å². The van der Waals surface area contributed by atoms with Gasteiger partial charge in [-0.1, -0.05) is 29.8 Å². The van der Waals surface area contributed by atoms with E-state index in [1.807, 2.05) is 0 Å². The van der Waals surface area contributed by atoms with Crippen LogP contribution in [0.1, 0.15) is 79.1 Å². The Kier molecular flexibility index (Phi) is 5.13. The molecule has 29 heavy (non-hydrogen) atoms. The second kappa shape index (κ2) is 6.93. The van der Waals surface area contributed by atoms with E-state index in [1.165, 1.54) is 22.3 Å². The van der Waals surface area contributed by atoms with Gasteiger partial charge in [-0.2, -0.15) is 0 Å². The molecule has 0 fully saturated rings. The van der Waals surface area contributed by atoms with Crippen molar-refractivity contribution in [3.8, 4) is 11.1 Å². The minimum absolute atomic E-state index is 0.0736. The van der Waals surface area contributed by atoms with Crippen molar-refractivity contribution >= 4 is 11.7 Å². The van der Waals surface area contributed by atoms with Crippen molar-refractivity contribution < 1.29 is 4.74 Å². The highest BCUT2D eigenvalue weighted by atomic mass is 16.5. The molecule has 4 heteroatoms. The number of fused-ring (bicyclic) bond motifs is 1. The number of nitrogens with one attached hydrogen (secondary N) is 1. The van der Waals surface area contributed by atoms with Gasteiger partial charge in [-0.05, 0) is 74.8 Å². The molecule has 0 spiro atoms. The Morgan fingerprint density at radius 3 is 2.17 bits per heavy atom. The highest BCUT2D eigenvalue weighted by Gasteiger charge is 2.38. The van der Waals surface area contributed by atoms with Crippen LogP contribution < -0.4 is 5.32 Å². The van der Waals surface area contributed by atoms with E-state index in [1.54, 1.807) is 0 Å². The predicted octanol–water partition coefficient (Wildman–Crippen LogP) is 6.50. The average molecular weight is 396 g/mol. The summed E-state index contributed by atoms with van der Waals surface area (Å²) in [4.78, 5) is 4.93. The van der Waals surface area contributed by atoms with Crippen molar-refractivity contribution in [2.45, 2.75) is 92.5 Å². The second-order valence-corrected chi connectivity index (χ2v) is 11.2. The second-order valence-electron chi connectivity index (χ2n) is 11.2. The zero-order valence-electron chi connectivity index (χ0n) is 19.8. The summed E-state index contributed by atoms with van der Waals surface area (Å²) in [5.41, 5.74) is 5.62. The van der Waals surface area contributed by atoms with E-state index in [9.17, 15) is 0 Å². The van der Waals surface area contributed by atoms with Crippen LogP contribution in [0, 0.1) is 6.92 Å². The number of rotatable bonds is 2. The maximum atomic E-state index is 6.15. The molecule has 0 atom stereocenters. The van der Waals surface area contributed by atoms with Gasteiger partial charge in [0, 0.05) is 22.2 Å². The van der Waals surface area contributed by atoms with Gasteiger partial charge in [0.1, 0.15) is 18.1 Å². The van der Waals surface area contributed by atoms with Gasteiger partial charge in [0.15, 0.2) is 0 Å². The van der Waals surface area contributed by atoms with Crippen LogP contribution >= 0.6 is 0 Å². The zero-order chi connectivity index (χ0) is 21.8. The first kappa shape index (κ1) is 21.5. The predicted molar refractivity (Wildman–Crippen MR) is 124 cm³/mol. The van der Waals surface area contributed by atoms with Crippen LogP contribution in [0.3, 0.4) is 0 Å². The van der Waals surface area contributed by atoms with Crippen molar-refractivity contribution in [2.24, 2.45) is 4.99 Å². The summed E-state index contributed by atoms with van der Waals surface area (Å²) in [6, 6.07) is 8.73. The molecule has 1 aliphatic heterocycles. The number of aryl methyl sites for hydroxylation is 1. The number of aromatic nitrogens is 1. The van der Waals surface area contributed by atoms with Crippen LogP contribution in [0.25, 0.3) is 11.1 Å². The van der Waals surface area contributed by atoms with Crippen molar-refractivity contribution in [1.82, 2.24) is 4.57 Å². The van der Waals surface area contributed by atoms with E-state index >= 15 is 0 Å². The molecule has 2 heterocycles. The van der Waals surface area contributed by atoms with Gasteiger partial charge in [0.2, 0.25) is 5.90 Å². The van der Waals surface area contributed by atoms with Gasteiger partial charge in [-0.25, -0.2) is 4.99 Å². The van der Waals surface area contributed by atoms with Gasteiger partial charge in [-0.15, -0.1) is 0 Å². The lowest BCUT2D eigenvalue weighted by atomic mass is 10.00. The molecule has 2 aromatic rings. The van der Waals surface area contributed by atoms with Crippen LogP contribution in [0.4, 0.5) is 5.82 Å². The summed E-state index contributed by atoms with van der Waals surface area (Å²) in [5, 5.41) is 3.81. The summed E-state index contributed by atoms with van der Waals surface area (Å²) in [7, 11) is 0. The third kappa shape index (κ3) is 4.52. The minimum Gasteiger partial charge on any atom is -0.471 e. The summed E-state index contributed by atoms with van der Waals surface area (Å²) in [6.07, 6.45) is 0. The molecule has 0 radical (unpaired) electrons. The van der Waals surface area contributed by atoms with Gasteiger partial charge in [-0.3, -0.25) is 0 Å². The normalized spacial score (nSPS) is 16.1. The fourth-order valence-corrected chi connectivity index (χ4v) is 3.84. The highest BCUT2D eigenvalue weighted by Crippen LogP contribution is 2.45. The Morgan fingerprint density at radius 2 is 1.66 bits per heavy atom. The average Bonchev–Trinajstić information content (AvgIpc) is 3.01. The van der Waals surface area contributed by atoms with Crippen LogP contribution in [-0.4, -0.2) is 21.5 Å². The van der Waals surface area contributed by atoms with Gasteiger partial charge in [0.05, 0.1) is 5.54 Å². The topological polar surface area (TPSA) is 38.5 Å². The van der Waals surface area contributed by atoms with Crippen molar-refractivity contribution in [3.05, 3.63) is 41.1 Å². The fraction of sp³-hybridized carbons (Fsp3) is 0.560. The van der Waals surface area contributed by atoms with E-state index in [-0.39, 0.29) is 16.6 Å².